The van der Waals surface area contributed by atoms with Gasteiger partial charge in [-0.3, -0.25) is 4.79 Å². The van der Waals surface area contributed by atoms with E-state index in [1.165, 1.54) is 17.3 Å². The Bertz CT molecular complexity index is 653. The monoisotopic (exact) mass is 320 g/mol. The van der Waals surface area contributed by atoms with Gasteiger partial charge in [-0.1, -0.05) is 35.4 Å². The number of anilines is 2. The van der Waals surface area contributed by atoms with Gasteiger partial charge in [0.05, 0.1) is 10.8 Å². The molecule has 3 nitrogen and oxygen atoms in total. The molecule has 2 rings (SSSR count). The van der Waals surface area contributed by atoms with Gasteiger partial charge >= 0.3 is 0 Å². The van der Waals surface area contributed by atoms with E-state index in [2.05, 4.69) is 5.32 Å². The summed E-state index contributed by atoms with van der Waals surface area (Å²) in [5, 5.41) is 3.47. The highest BCUT2D eigenvalue weighted by Crippen LogP contribution is 2.32. The molecule has 2 aromatic carbocycles. The van der Waals surface area contributed by atoms with Gasteiger partial charge in [-0.05, 0) is 37.6 Å². The summed E-state index contributed by atoms with van der Waals surface area (Å²) in [5.74, 6) is 0.188. The first-order valence-electron chi connectivity index (χ1n) is 6.51. The van der Waals surface area contributed by atoms with Gasteiger partial charge in [0.25, 0.3) is 0 Å². The van der Waals surface area contributed by atoms with E-state index in [4.69, 9.17) is 17.3 Å². The molecule has 0 atom stereocenters. The number of carbonyl (C=O) groups is 1. The third kappa shape index (κ3) is 4.16. The maximum absolute atomic E-state index is 12.0. The molecule has 0 aromatic heterocycles. The number of hydrogen-bond acceptors (Lipinski definition) is 3. The van der Waals surface area contributed by atoms with Gasteiger partial charge in [0.1, 0.15) is 0 Å². The van der Waals surface area contributed by atoms with Crippen molar-refractivity contribution < 1.29 is 4.79 Å². The second-order valence-corrected chi connectivity index (χ2v) is 6.21. The average Bonchev–Trinajstić information content (AvgIpc) is 2.41. The standard InChI is InChI=1S/C16H17ClN2OS/c1-10-6-7-14(11(2)8-10)19-15(20)9-21-16-12(17)4-3-5-13(16)18/h3-8H,9,18H2,1-2H3,(H,19,20). The number of nitrogens with two attached hydrogens (primary N) is 1. The van der Waals surface area contributed by atoms with Crippen LogP contribution >= 0.6 is 23.4 Å². The number of thioether (sulfide) groups is 1. The maximum Gasteiger partial charge on any atom is 0.234 e. The van der Waals surface area contributed by atoms with Crippen LogP contribution in [0.2, 0.25) is 5.02 Å². The largest absolute Gasteiger partial charge is 0.398 e. The Morgan fingerprint density at radius 1 is 1.29 bits per heavy atom. The SMILES string of the molecule is Cc1ccc(NC(=O)CSc2c(N)cccc2Cl)c(C)c1. The van der Waals surface area contributed by atoms with E-state index in [9.17, 15) is 4.79 Å². The van der Waals surface area contributed by atoms with Gasteiger partial charge in [0.2, 0.25) is 5.91 Å². The first-order chi connectivity index (χ1) is 9.97. The summed E-state index contributed by atoms with van der Waals surface area (Å²) in [4.78, 5) is 12.8. The summed E-state index contributed by atoms with van der Waals surface area (Å²) >= 11 is 7.42. The number of benzene rings is 2. The molecule has 0 saturated carbocycles. The Hall–Kier alpha value is -1.65. The number of halogens is 1. The zero-order valence-corrected chi connectivity index (χ0v) is 13.5. The molecular formula is C16H17ClN2OS. The molecule has 1 amide bonds. The summed E-state index contributed by atoms with van der Waals surface area (Å²) in [6.45, 7) is 4.00. The Balaban J connectivity index is 1.99. The van der Waals surface area contributed by atoms with E-state index in [-0.39, 0.29) is 11.7 Å². The molecule has 0 bridgehead atoms. The van der Waals surface area contributed by atoms with E-state index < -0.39 is 0 Å². The molecule has 3 N–H and O–H groups in total. The Morgan fingerprint density at radius 3 is 2.71 bits per heavy atom. The van der Waals surface area contributed by atoms with Crippen molar-refractivity contribution >= 4 is 40.6 Å². The summed E-state index contributed by atoms with van der Waals surface area (Å²) in [5.41, 5.74) is 9.50. The molecule has 2 aromatic rings. The highest BCUT2D eigenvalue weighted by atomic mass is 35.5. The Kier molecular flexibility index (Phi) is 5.15. The summed E-state index contributed by atoms with van der Waals surface area (Å²) in [6, 6.07) is 11.3. The van der Waals surface area contributed by atoms with E-state index in [1.54, 1.807) is 18.2 Å². The van der Waals surface area contributed by atoms with Crippen LogP contribution in [0.5, 0.6) is 0 Å². The molecule has 0 saturated heterocycles. The van der Waals surface area contributed by atoms with Crippen LogP contribution in [0.25, 0.3) is 0 Å². The number of rotatable bonds is 4. The minimum absolute atomic E-state index is 0.0775. The maximum atomic E-state index is 12.0. The van der Waals surface area contributed by atoms with Crippen LogP contribution in [0, 0.1) is 13.8 Å². The summed E-state index contributed by atoms with van der Waals surface area (Å²) in [6.07, 6.45) is 0. The van der Waals surface area contributed by atoms with Crippen LogP contribution in [0.4, 0.5) is 11.4 Å². The van der Waals surface area contributed by atoms with Gasteiger partial charge in [-0.15, -0.1) is 11.8 Å². The van der Waals surface area contributed by atoms with Gasteiger partial charge in [-0.25, -0.2) is 0 Å². The van der Waals surface area contributed by atoms with Crippen molar-refractivity contribution in [1.82, 2.24) is 0 Å². The second kappa shape index (κ2) is 6.87. The number of carbonyl (C=O) groups excluding carboxylic acids is 1. The molecular weight excluding hydrogens is 304 g/mol. The van der Waals surface area contributed by atoms with Crippen molar-refractivity contribution in [3.05, 3.63) is 52.5 Å². The predicted molar refractivity (Wildman–Crippen MR) is 91.1 cm³/mol. The van der Waals surface area contributed by atoms with Crippen molar-refractivity contribution in [2.75, 3.05) is 16.8 Å². The van der Waals surface area contributed by atoms with Crippen molar-refractivity contribution in [3.63, 3.8) is 0 Å². The van der Waals surface area contributed by atoms with Crippen molar-refractivity contribution in [2.24, 2.45) is 0 Å². The molecule has 0 aliphatic carbocycles. The van der Waals surface area contributed by atoms with E-state index >= 15 is 0 Å². The van der Waals surface area contributed by atoms with Gasteiger partial charge in [0, 0.05) is 16.3 Å². The first-order valence-corrected chi connectivity index (χ1v) is 7.87. The zero-order valence-electron chi connectivity index (χ0n) is 11.9. The molecule has 0 radical (unpaired) electrons. The van der Waals surface area contributed by atoms with Crippen molar-refractivity contribution in [2.45, 2.75) is 18.7 Å². The zero-order chi connectivity index (χ0) is 15.4. The third-order valence-corrected chi connectivity index (χ3v) is 4.58. The quantitative estimate of drug-likeness (QED) is 0.653. The molecule has 0 aliphatic rings. The molecule has 0 aliphatic heterocycles. The minimum Gasteiger partial charge on any atom is -0.398 e. The van der Waals surface area contributed by atoms with Crippen LogP contribution in [0.15, 0.2) is 41.3 Å². The molecule has 5 heteroatoms. The summed E-state index contributed by atoms with van der Waals surface area (Å²) < 4.78 is 0. The fourth-order valence-corrected chi connectivity index (χ4v) is 3.09. The van der Waals surface area contributed by atoms with Crippen molar-refractivity contribution in [1.29, 1.82) is 0 Å². The van der Waals surface area contributed by atoms with Crippen LogP contribution in [0.3, 0.4) is 0 Å². The van der Waals surface area contributed by atoms with Crippen molar-refractivity contribution in [3.8, 4) is 0 Å². The average molecular weight is 321 g/mol. The topological polar surface area (TPSA) is 55.1 Å². The smallest absolute Gasteiger partial charge is 0.234 e. The number of aryl methyl sites for hydroxylation is 2. The van der Waals surface area contributed by atoms with Crippen LogP contribution in [0.1, 0.15) is 11.1 Å². The van der Waals surface area contributed by atoms with Crippen LogP contribution in [-0.2, 0) is 4.79 Å². The Morgan fingerprint density at radius 2 is 2.05 bits per heavy atom. The van der Waals surface area contributed by atoms with E-state index in [0.29, 0.717) is 10.7 Å². The fraction of sp³-hybridized carbons (Fsp3) is 0.188. The number of amides is 1. The van der Waals surface area contributed by atoms with E-state index in [1.807, 2.05) is 32.0 Å². The lowest BCUT2D eigenvalue weighted by atomic mass is 10.1. The lowest BCUT2D eigenvalue weighted by Gasteiger charge is -2.10. The first kappa shape index (κ1) is 15.7. The third-order valence-electron chi connectivity index (χ3n) is 3.00. The molecule has 110 valence electrons. The molecule has 0 fully saturated rings. The minimum atomic E-state index is -0.0775. The van der Waals surface area contributed by atoms with Gasteiger partial charge < -0.3 is 11.1 Å². The molecule has 0 spiro atoms. The molecule has 0 unspecified atom stereocenters. The van der Waals surface area contributed by atoms with Crippen LogP contribution in [-0.4, -0.2) is 11.7 Å². The normalized spacial score (nSPS) is 10.4. The number of nitrogens with one attached hydrogen (secondary N) is 1. The summed E-state index contributed by atoms with van der Waals surface area (Å²) in [7, 11) is 0. The lowest BCUT2D eigenvalue weighted by Crippen LogP contribution is -2.15. The lowest BCUT2D eigenvalue weighted by molar-refractivity contribution is -0.113. The predicted octanol–water partition coefficient (Wildman–Crippen LogP) is 4.27. The van der Waals surface area contributed by atoms with Gasteiger partial charge in [0.15, 0.2) is 0 Å². The van der Waals surface area contributed by atoms with Crippen LogP contribution < -0.4 is 11.1 Å². The van der Waals surface area contributed by atoms with E-state index in [0.717, 1.165) is 16.1 Å². The second-order valence-electron chi connectivity index (χ2n) is 4.81. The molecule has 0 heterocycles. The van der Waals surface area contributed by atoms with Gasteiger partial charge in [-0.2, -0.15) is 0 Å². The highest BCUT2D eigenvalue weighted by Gasteiger charge is 2.10. The number of hydrogen-bond donors (Lipinski definition) is 2. The number of nitrogen functional groups attached to an aromatic ring is 1. The molecule has 21 heavy (non-hydrogen) atoms. The fourth-order valence-electron chi connectivity index (χ4n) is 1.96. The highest BCUT2D eigenvalue weighted by molar-refractivity contribution is 8.00. The Labute approximate surface area is 133 Å².